The molecule has 0 aromatic carbocycles. The maximum Gasteiger partial charge on any atom is 0.244 e. The van der Waals surface area contributed by atoms with Gasteiger partial charge in [0.05, 0.1) is 5.02 Å². The quantitative estimate of drug-likeness (QED) is 0.563. The number of pyridine rings is 1. The Morgan fingerprint density at radius 2 is 2.14 bits per heavy atom. The second-order valence-corrected chi connectivity index (χ2v) is 7.17. The van der Waals surface area contributed by atoms with E-state index in [1.165, 1.54) is 16.6 Å². The molecule has 0 saturated heterocycles. The zero-order valence-electron chi connectivity index (χ0n) is 12.6. The summed E-state index contributed by atoms with van der Waals surface area (Å²) < 4.78 is 27.0. The Hall–Kier alpha value is -0.890. The van der Waals surface area contributed by atoms with Crippen molar-refractivity contribution in [2.45, 2.75) is 51.0 Å². The lowest BCUT2D eigenvalue weighted by atomic mass is 10.2. The number of aromatic nitrogens is 1. The number of nitrogen functional groups attached to an aromatic ring is 1. The van der Waals surface area contributed by atoms with Crippen LogP contribution in [0.4, 0.5) is 5.82 Å². The van der Waals surface area contributed by atoms with Crippen molar-refractivity contribution in [1.29, 1.82) is 0 Å². The van der Waals surface area contributed by atoms with Crippen molar-refractivity contribution >= 4 is 27.4 Å². The molecule has 0 aliphatic heterocycles. The summed E-state index contributed by atoms with van der Waals surface area (Å²) in [5.74, 6) is 5.50. The molecule has 1 heterocycles. The highest BCUT2D eigenvalue weighted by Gasteiger charge is 2.28. The van der Waals surface area contributed by atoms with Crippen LogP contribution in [0, 0.1) is 0 Å². The van der Waals surface area contributed by atoms with Crippen LogP contribution < -0.4 is 11.3 Å². The van der Waals surface area contributed by atoms with Crippen LogP contribution in [0.2, 0.25) is 5.02 Å². The topological polar surface area (TPSA) is 88.3 Å². The number of halogens is 1. The van der Waals surface area contributed by atoms with Gasteiger partial charge in [0.2, 0.25) is 10.0 Å². The molecule has 1 aromatic heterocycles. The molecule has 0 fully saturated rings. The van der Waals surface area contributed by atoms with Crippen molar-refractivity contribution in [3.63, 3.8) is 0 Å². The van der Waals surface area contributed by atoms with E-state index in [0.29, 0.717) is 6.54 Å². The Balaban J connectivity index is 3.18. The number of hydrogen-bond donors (Lipinski definition) is 2. The maximum atomic E-state index is 12.8. The van der Waals surface area contributed by atoms with E-state index in [2.05, 4.69) is 10.4 Å². The maximum absolute atomic E-state index is 12.8. The molecule has 0 amide bonds. The van der Waals surface area contributed by atoms with Crippen LogP contribution in [0.1, 0.15) is 40.0 Å². The van der Waals surface area contributed by atoms with Gasteiger partial charge in [-0.3, -0.25) is 0 Å². The summed E-state index contributed by atoms with van der Waals surface area (Å²) in [7, 11) is -3.61. The number of nitrogens with two attached hydrogens (primary N) is 1. The van der Waals surface area contributed by atoms with E-state index in [1.54, 1.807) is 0 Å². The summed E-state index contributed by atoms with van der Waals surface area (Å²) in [6, 6.07) is 1.30. The first kappa shape index (κ1) is 18.2. The van der Waals surface area contributed by atoms with Gasteiger partial charge in [0.1, 0.15) is 4.90 Å². The molecule has 21 heavy (non-hydrogen) atoms. The zero-order chi connectivity index (χ0) is 16.0. The monoisotopic (exact) mass is 334 g/mol. The number of hydrogen-bond acceptors (Lipinski definition) is 5. The Bertz CT molecular complexity index is 565. The number of unbranched alkanes of at least 4 members (excludes halogenated alkanes) is 1. The molecule has 6 nitrogen and oxygen atoms in total. The minimum atomic E-state index is -3.61. The number of hydrazine groups is 1. The van der Waals surface area contributed by atoms with Crippen molar-refractivity contribution < 1.29 is 8.42 Å². The normalized spacial score (nSPS) is 13.4. The number of sulfonamides is 1. The molecule has 0 bridgehead atoms. The van der Waals surface area contributed by atoms with Crippen molar-refractivity contribution in [3.05, 3.63) is 17.3 Å². The molecule has 1 unspecified atom stereocenters. The van der Waals surface area contributed by atoms with Crippen LogP contribution in [0.5, 0.6) is 0 Å². The van der Waals surface area contributed by atoms with E-state index in [1.807, 2.05) is 20.8 Å². The zero-order valence-corrected chi connectivity index (χ0v) is 14.2. The minimum absolute atomic E-state index is 0.0763. The minimum Gasteiger partial charge on any atom is -0.307 e. The molecule has 1 atom stereocenters. The lowest BCUT2D eigenvalue weighted by molar-refractivity contribution is 0.324. The molecule has 0 spiro atoms. The highest BCUT2D eigenvalue weighted by molar-refractivity contribution is 7.89. The molecule has 0 saturated carbocycles. The first-order valence-corrected chi connectivity index (χ1v) is 8.84. The van der Waals surface area contributed by atoms with Crippen molar-refractivity contribution in [3.8, 4) is 0 Å². The van der Waals surface area contributed by atoms with Gasteiger partial charge in [-0.15, -0.1) is 0 Å². The summed E-state index contributed by atoms with van der Waals surface area (Å²) >= 11 is 5.97. The largest absolute Gasteiger partial charge is 0.307 e. The van der Waals surface area contributed by atoms with Gasteiger partial charge in [0, 0.05) is 18.8 Å². The van der Waals surface area contributed by atoms with Crippen LogP contribution in [-0.4, -0.2) is 30.3 Å². The third kappa shape index (κ3) is 4.29. The summed E-state index contributed by atoms with van der Waals surface area (Å²) in [5.41, 5.74) is 2.32. The third-order valence-corrected chi connectivity index (χ3v) is 5.64. The first-order valence-electron chi connectivity index (χ1n) is 7.02. The molecule has 3 N–H and O–H groups in total. The lowest BCUT2D eigenvalue weighted by Crippen LogP contribution is -2.39. The summed E-state index contributed by atoms with van der Waals surface area (Å²) in [6.45, 7) is 6.38. The fourth-order valence-electron chi connectivity index (χ4n) is 1.90. The van der Waals surface area contributed by atoms with Crippen molar-refractivity contribution in [1.82, 2.24) is 9.29 Å². The SMILES string of the molecule is CCCCN(C(C)CC)S(=O)(=O)c1cnc(NN)c(Cl)c1. The Kier molecular flexibility index (Phi) is 6.86. The van der Waals surface area contributed by atoms with Crippen LogP contribution in [0.3, 0.4) is 0 Å². The average molecular weight is 335 g/mol. The predicted octanol–water partition coefficient (Wildman–Crippen LogP) is 2.61. The van der Waals surface area contributed by atoms with Crippen LogP contribution in [0.15, 0.2) is 17.2 Å². The van der Waals surface area contributed by atoms with Crippen LogP contribution in [-0.2, 0) is 10.0 Å². The first-order chi connectivity index (χ1) is 9.88. The highest BCUT2D eigenvalue weighted by atomic mass is 35.5. The number of rotatable bonds is 8. The fourth-order valence-corrected chi connectivity index (χ4v) is 3.90. The summed E-state index contributed by atoms with van der Waals surface area (Å²) in [5, 5.41) is 0.179. The standard InChI is InChI=1S/C13H23ClN4O2S/c1-4-6-7-18(10(3)5-2)21(19,20)11-8-12(14)13(17-15)16-9-11/h8-10H,4-7,15H2,1-3H3,(H,16,17). The molecule has 8 heteroatoms. The lowest BCUT2D eigenvalue weighted by Gasteiger charge is -2.27. The molecule has 1 aromatic rings. The third-order valence-electron chi connectivity index (χ3n) is 3.37. The molecule has 0 aliphatic carbocycles. The molecule has 0 radical (unpaired) electrons. The Morgan fingerprint density at radius 3 is 2.62 bits per heavy atom. The van der Waals surface area contributed by atoms with Gasteiger partial charge in [0.25, 0.3) is 0 Å². The molecule has 0 aliphatic rings. The predicted molar refractivity (Wildman–Crippen MR) is 85.6 cm³/mol. The van der Waals surface area contributed by atoms with E-state index in [4.69, 9.17) is 17.4 Å². The van der Waals surface area contributed by atoms with Gasteiger partial charge in [-0.25, -0.2) is 19.2 Å². The number of nitrogens with one attached hydrogen (secondary N) is 1. The van der Waals surface area contributed by atoms with Gasteiger partial charge in [0.15, 0.2) is 5.82 Å². The van der Waals surface area contributed by atoms with E-state index in [-0.39, 0.29) is 21.8 Å². The molecular weight excluding hydrogens is 312 g/mol. The van der Waals surface area contributed by atoms with E-state index < -0.39 is 10.0 Å². The van der Waals surface area contributed by atoms with E-state index >= 15 is 0 Å². The summed E-state index contributed by atoms with van der Waals surface area (Å²) in [4.78, 5) is 4.02. The fraction of sp³-hybridized carbons (Fsp3) is 0.615. The van der Waals surface area contributed by atoms with Crippen LogP contribution >= 0.6 is 11.6 Å². The number of anilines is 1. The van der Waals surface area contributed by atoms with Gasteiger partial charge in [-0.05, 0) is 25.8 Å². The highest BCUT2D eigenvalue weighted by Crippen LogP contribution is 2.25. The second-order valence-electron chi connectivity index (χ2n) is 4.87. The van der Waals surface area contributed by atoms with Gasteiger partial charge in [-0.1, -0.05) is 31.9 Å². The summed E-state index contributed by atoms with van der Waals surface area (Å²) in [6.07, 6.45) is 3.76. The van der Waals surface area contributed by atoms with Gasteiger partial charge < -0.3 is 5.43 Å². The average Bonchev–Trinajstić information content (AvgIpc) is 2.46. The Labute approximate surface area is 131 Å². The molecule has 1 rings (SSSR count). The van der Waals surface area contributed by atoms with E-state index in [9.17, 15) is 8.42 Å². The van der Waals surface area contributed by atoms with Gasteiger partial charge in [-0.2, -0.15) is 4.31 Å². The van der Waals surface area contributed by atoms with Crippen LogP contribution in [0.25, 0.3) is 0 Å². The number of nitrogens with zero attached hydrogens (tertiary/aromatic N) is 2. The van der Waals surface area contributed by atoms with Crippen molar-refractivity contribution in [2.75, 3.05) is 12.0 Å². The Morgan fingerprint density at radius 1 is 1.48 bits per heavy atom. The smallest absolute Gasteiger partial charge is 0.244 e. The molecular formula is C13H23ClN4O2S. The molecule has 120 valence electrons. The van der Waals surface area contributed by atoms with E-state index in [0.717, 1.165) is 19.3 Å². The van der Waals surface area contributed by atoms with Gasteiger partial charge >= 0.3 is 0 Å². The van der Waals surface area contributed by atoms with Crippen molar-refractivity contribution in [2.24, 2.45) is 5.84 Å². The second kappa shape index (κ2) is 7.93.